The summed E-state index contributed by atoms with van der Waals surface area (Å²) in [6.45, 7) is 3.70. The van der Waals surface area contributed by atoms with Gasteiger partial charge in [0.25, 0.3) is 0 Å². The molecule has 1 aliphatic rings. The molecule has 1 heterocycles. The Labute approximate surface area is 145 Å². The Hall–Kier alpha value is -3.08. The first-order valence-corrected chi connectivity index (χ1v) is 7.92. The van der Waals surface area contributed by atoms with Crippen molar-refractivity contribution >= 4 is 17.8 Å². The van der Waals surface area contributed by atoms with E-state index in [0.29, 0.717) is 17.1 Å². The second-order valence-corrected chi connectivity index (χ2v) is 5.76. The van der Waals surface area contributed by atoms with Gasteiger partial charge in [0, 0.05) is 11.6 Å². The highest BCUT2D eigenvalue weighted by atomic mass is 16.7. The minimum absolute atomic E-state index is 0.198. The monoisotopic (exact) mass is 338 g/mol. The fourth-order valence-electron chi connectivity index (χ4n) is 2.40. The molecule has 0 radical (unpaired) electrons. The predicted molar refractivity (Wildman–Crippen MR) is 92.7 cm³/mol. The van der Waals surface area contributed by atoms with E-state index in [1.807, 2.05) is 19.1 Å². The molecule has 0 unspecified atom stereocenters. The standard InChI is InChI=1S/C20H18O5/c1-13-3-7-16(8-4-13)20(22)14(2)25-19(21)10-6-15-5-9-17-18(11-15)24-12-23-17/h3-11,14H,12H2,1-2H3/b10-6+/t14-/m1/s1. The van der Waals surface area contributed by atoms with Gasteiger partial charge in [-0.15, -0.1) is 0 Å². The van der Waals surface area contributed by atoms with E-state index in [0.717, 1.165) is 11.1 Å². The number of carbonyl (C=O) groups excluding carboxylic acids is 2. The zero-order valence-electron chi connectivity index (χ0n) is 14.0. The quantitative estimate of drug-likeness (QED) is 0.474. The normalized spacial score (nSPS) is 13.7. The van der Waals surface area contributed by atoms with Gasteiger partial charge in [-0.25, -0.2) is 4.79 Å². The molecule has 0 amide bonds. The van der Waals surface area contributed by atoms with Gasteiger partial charge in [0.2, 0.25) is 12.6 Å². The summed E-state index contributed by atoms with van der Waals surface area (Å²) in [7, 11) is 0. The number of hydrogen-bond acceptors (Lipinski definition) is 5. The third-order valence-corrected chi connectivity index (χ3v) is 3.81. The van der Waals surface area contributed by atoms with E-state index in [1.165, 1.54) is 6.08 Å². The maximum Gasteiger partial charge on any atom is 0.331 e. The molecule has 0 saturated carbocycles. The summed E-state index contributed by atoms with van der Waals surface area (Å²) in [4.78, 5) is 24.2. The first-order chi connectivity index (χ1) is 12.0. The maximum absolute atomic E-state index is 12.3. The lowest BCUT2D eigenvalue weighted by molar-refractivity contribution is -0.140. The molecular weight excluding hydrogens is 320 g/mol. The number of ketones is 1. The van der Waals surface area contributed by atoms with Crippen molar-refractivity contribution < 1.29 is 23.8 Å². The number of Topliss-reactive ketones (excluding diaryl/α,β-unsaturated/α-hetero) is 1. The summed E-state index contributed by atoms with van der Waals surface area (Å²) >= 11 is 0. The zero-order chi connectivity index (χ0) is 17.8. The van der Waals surface area contributed by atoms with E-state index >= 15 is 0 Å². The molecule has 0 saturated heterocycles. The topological polar surface area (TPSA) is 61.8 Å². The first kappa shape index (κ1) is 16.8. The molecule has 0 fully saturated rings. The number of aryl methyl sites for hydroxylation is 1. The van der Waals surface area contributed by atoms with Crippen molar-refractivity contribution in [2.75, 3.05) is 6.79 Å². The minimum Gasteiger partial charge on any atom is -0.454 e. The van der Waals surface area contributed by atoms with Crippen molar-refractivity contribution in [1.29, 1.82) is 0 Å². The van der Waals surface area contributed by atoms with Crippen LogP contribution in [0.15, 0.2) is 48.5 Å². The molecule has 1 atom stereocenters. The lowest BCUT2D eigenvalue weighted by Gasteiger charge is -2.11. The van der Waals surface area contributed by atoms with Gasteiger partial charge in [0.05, 0.1) is 0 Å². The van der Waals surface area contributed by atoms with Crippen LogP contribution in [0.5, 0.6) is 11.5 Å². The molecule has 2 aromatic rings. The lowest BCUT2D eigenvalue weighted by Crippen LogP contribution is -2.23. The summed E-state index contributed by atoms with van der Waals surface area (Å²) in [6.07, 6.45) is 2.04. The largest absolute Gasteiger partial charge is 0.454 e. The summed E-state index contributed by atoms with van der Waals surface area (Å²) < 4.78 is 15.7. The first-order valence-electron chi connectivity index (χ1n) is 7.92. The number of esters is 1. The van der Waals surface area contributed by atoms with Crippen LogP contribution in [-0.4, -0.2) is 24.6 Å². The Bertz CT molecular complexity index is 820. The third kappa shape index (κ3) is 4.07. The lowest BCUT2D eigenvalue weighted by atomic mass is 10.1. The Balaban J connectivity index is 1.59. The van der Waals surface area contributed by atoms with E-state index in [2.05, 4.69) is 0 Å². The molecule has 0 N–H and O–H groups in total. The highest BCUT2D eigenvalue weighted by Crippen LogP contribution is 2.32. The number of rotatable bonds is 5. The Morgan fingerprint density at radius 1 is 1.08 bits per heavy atom. The van der Waals surface area contributed by atoms with Crippen molar-refractivity contribution in [2.24, 2.45) is 0 Å². The summed E-state index contributed by atoms with van der Waals surface area (Å²) in [5.74, 6) is 0.505. The van der Waals surface area contributed by atoms with Crippen LogP contribution >= 0.6 is 0 Å². The molecule has 0 spiro atoms. The Morgan fingerprint density at radius 2 is 1.80 bits per heavy atom. The molecule has 0 aromatic heterocycles. The number of benzene rings is 2. The van der Waals surface area contributed by atoms with E-state index < -0.39 is 12.1 Å². The van der Waals surface area contributed by atoms with Gasteiger partial charge >= 0.3 is 5.97 Å². The highest BCUT2D eigenvalue weighted by Gasteiger charge is 2.18. The van der Waals surface area contributed by atoms with Crippen LogP contribution in [0.25, 0.3) is 6.08 Å². The van der Waals surface area contributed by atoms with Crippen LogP contribution in [0, 0.1) is 6.92 Å². The van der Waals surface area contributed by atoms with Gasteiger partial charge in [-0.05, 0) is 37.6 Å². The fourth-order valence-corrected chi connectivity index (χ4v) is 2.40. The van der Waals surface area contributed by atoms with Gasteiger partial charge in [-0.2, -0.15) is 0 Å². The van der Waals surface area contributed by atoms with Crippen LogP contribution in [0.2, 0.25) is 0 Å². The van der Waals surface area contributed by atoms with Gasteiger partial charge in [-0.3, -0.25) is 4.79 Å². The van der Waals surface area contributed by atoms with Crippen molar-refractivity contribution in [3.8, 4) is 11.5 Å². The van der Waals surface area contributed by atoms with Crippen LogP contribution < -0.4 is 9.47 Å². The van der Waals surface area contributed by atoms with Gasteiger partial charge in [-0.1, -0.05) is 35.9 Å². The predicted octanol–water partition coefficient (Wildman–Crippen LogP) is 3.55. The Kier molecular flexibility index (Phi) is 4.84. The molecule has 0 bridgehead atoms. The zero-order valence-corrected chi connectivity index (χ0v) is 14.0. The smallest absolute Gasteiger partial charge is 0.331 e. The molecule has 25 heavy (non-hydrogen) atoms. The molecule has 2 aromatic carbocycles. The van der Waals surface area contributed by atoms with Gasteiger partial charge in [0.15, 0.2) is 17.6 Å². The molecule has 1 aliphatic heterocycles. The SMILES string of the molecule is Cc1ccc(C(=O)[C@@H](C)OC(=O)/C=C/c2ccc3c(c2)OCO3)cc1. The van der Waals surface area contributed by atoms with Crippen LogP contribution in [0.1, 0.15) is 28.4 Å². The second kappa shape index (κ2) is 7.21. The molecule has 5 nitrogen and oxygen atoms in total. The van der Waals surface area contributed by atoms with Gasteiger partial charge < -0.3 is 14.2 Å². The average Bonchev–Trinajstić information content (AvgIpc) is 3.07. The van der Waals surface area contributed by atoms with E-state index in [4.69, 9.17) is 14.2 Å². The molecular formula is C20H18O5. The van der Waals surface area contributed by atoms with Crippen molar-refractivity contribution in [1.82, 2.24) is 0 Å². The third-order valence-electron chi connectivity index (χ3n) is 3.81. The average molecular weight is 338 g/mol. The van der Waals surface area contributed by atoms with Crippen LogP contribution in [0.3, 0.4) is 0 Å². The number of hydrogen-bond donors (Lipinski definition) is 0. The number of carbonyl (C=O) groups is 2. The van der Waals surface area contributed by atoms with Crippen molar-refractivity contribution in [3.63, 3.8) is 0 Å². The van der Waals surface area contributed by atoms with Gasteiger partial charge in [0.1, 0.15) is 0 Å². The van der Waals surface area contributed by atoms with E-state index in [-0.39, 0.29) is 12.6 Å². The maximum atomic E-state index is 12.3. The van der Waals surface area contributed by atoms with Crippen molar-refractivity contribution in [2.45, 2.75) is 20.0 Å². The van der Waals surface area contributed by atoms with E-state index in [1.54, 1.807) is 43.3 Å². The molecule has 5 heteroatoms. The van der Waals surface area contributed by atoms with E-state index in [9.17, 15) is 9.59 Å². The van der Waals surface area contributed by atoms with Crippen molar-refractivity contribution in [3.05, 3.63) is 65.2 Å². The molecule has 0 aliphatic carbocycles. The van der Waals surface area contributed by atoms with Crippen LogP contribution in [-0.2, 0) is 9.53 Å². The van der Waals surface area contributed by atoms with Crippen LogP contribution in [0.4, 0.5) is 0 Å². The Morgan fingerprint density at radius 3 is 2.56 bits per heavy atom. The highest BCUT2D eigenvalue weighted by molar-refractivity contribution is 6.01. The molecule has 128 valence electrons. The number of fused-ring (bicyclic) bond motifs is 1. The minimum atomic E-state index is -0.850. The molecule has 3 rings (SSSR count). The summed E-state index contributed by atoms with van der Waals surface area (Å²) in [5.41, 5.74) is 2.36. The second-order valence-electron chi connectivity index (χ2n) is 5.76. The summed E-state index contributed by atoms with van der Waals surface area (Å²) in [5, 5.41) is 0. The number of ether oxygens (including phenoxy) is 3. The fraction of sp³-hybridized carbons (Fsp3) is 0.200. The summed E-state index contributed by atoms with van der Waals surface area (Å²) in [6, 6.07) is 12.5.